The summed E-state index contributed by atoms with van der Waals surface area (Å²) in [5, 5.41) is 5.44. The minimum Gasteiger partial charge on any atom is -0.309 e. The fourth-order valence-corrected chi connectivity index (χ4v) is 0.836. The highest BCUT2D eigenvalue weighted by atomic mass is 19.1. The normalized spacial score (nSPS) is 11.2. The van der Waals surface area contributed by atoms with E-state index in [0.29, 0.717) is 5.82 Å². The van der Waals surface area contributed by atoms with E-state index in [1.165, 1.54) is 12.1 Å². The van der Waals surface area contributed by atoms with Gasteiger partial charge in [-0.3, -0.25) is 4.79 Å². The number of hydrogen-bond donors (Lipinski definition) is 2. The van der Waals surface area contributed by atoms with E-state index in [9.17, 15) is 9.18 Å². The van der Waals surface area contributed by atoms with Crippen LogP contribution < -0.4 is 10.6 Å². The topological polar surface area (TPSA) is 54.0 Å². The maximum absolute atomic E-state index is 12.5. The molecule has 4 nitrogen and oxygen atoms in total. The number of carbonyl (C=O) groups is 1. The van der Waals surface area contributed by atoms with Crippen LogP contribution in [0, 0.1) is 5.82 Å². The molecule has 0 atom stereocenters. The molecule has 82 valence electrons. The predicted octanol–water partition coefficient (Wildman–Crippen LogP) is 1.16. The maximum Gasteiger partial charge on any atom is 0.245 e. The molecular weight excluding hydrogens is 197 g/mol. The number of carbonyl (C=O) groups excluding carboxylic acids is 1. The van der Waals surface area contributed by atoms with Crippen LogP contribution in [-0.2, 0) is 4.79 Å². The second-order valence-electron chi connectivity index (χ2n) is 3.69. The number of rotatable bonds is 3. The van der Waals surface area contributed by atoms with Gasteiger partial charge in [-0.2, -0.15) is 0 Å². The van der Waals surface area contributed by atoms with Gasteiger partial charge in [-0.25, -0.2) is 9.37 Å². The first-order valence-corrected chi connectivity index (χ1v) is 4.57. The van der Waals surface area contributed by atoms with Crippen molar-refractivity contribution in [2.45, 2.75) is 19.4 Å². The van der Waals surface area contributed by atoms with Crippen molar-refractivity contribution in [2.24, 2.45) is 0 Å². The van der Waals surface area contributed by atoms with E-state index in [-0.39, 0.29) is 5.91 Å². The van der Waals surface area contributed by atoms with Gasteiger partial charge >= 0.3 is 0 Å². The molecule has 1 aromatic rings. The first kappa shape index (κ1) is 11.6. The Morgan fingerprint density at radius 2 is 2.13 bits per heavy atom. The van der Waals surface area contributed by atoms with Gasteiger partial charge in [0.25, 0.3) is 0 Å². The molecule has 2 N–H and O–H groups in total. The molecule has 0 radical (unpaired) electrons. The zero-order chi connectivity index (χ0) is 11.5. The number of likely N-dealkylation sites (N-methyl/N-ethyl adjacent to an activating group) is 1. The number of nitrogens with zero attached hydrogens (tertiary/aromatic N) is 1. The zero-order valence-corrected chi connectivity index (χ0v) is 8.97. The third-order valence-corrected chi connectivity index (χ3v) is 2.16. The van der Waals surface area contributed by atoms with Crippen LogP contribution in [0.15, 0.2) is 18.3 Å². The number of anilines is 1. The third-order valence-electron chi connectivity index (χ3n) is 2.16. The Bertz CT molecular complexity index is 348. The van der Waals surface area contributed by atoms with E-state index in [1.54, 1.807) is 20.9 Å². The number of halogens is 1. The first-order valence-electron chi connectivity index (χ1n) is 4.57. The quantitative estimate of drug-likeness (QED) is 0.788. The molecule has 1 aromatic heterocycles. The summed E-state index contributed by atoms with van der Waals surface area (Å²) in [5.74, 6) is -0.310. The summed E-state index contributed by atoms with van der Waals surface area (Å²) in [4.78, 5) is 15.4. The summed E-state index contributed by atoms with van der Waals surface area (Å²) in [6.07, 6.45) is 1.06. The first-order chi connectivity index (χ1) is 6.95. The molecule has 0 fully saturated rings. The summed E-state index contributed by atoms with van der Waals surface area (Å²) in [6, 6.07) is 2.66. The van der Waals surface area contributed by atoms with Crippen molar-refractivity contribution in [1.29, 1.82) is 0 Å². The Balaban J connectivity index is 2.71. The maximum atomic E-state index is 12.5. The summed E-state index contributed by atoms with van der Waals surface area (Å²) in [7, 11) is 1.69. The molecule has 0 aromatic carbocycles. The van der Waals surface area contributed by atoms with Crippen LogP contribution in [0.5, 0.6) is 0 Å². The van der Waals surface area contributed by atoms with E-state index in [4.69, 9.17) is 0 Å². The van der Waals surface area contributed by atoms with Crippen molar-refractivity contribution < 1.29 is 9.18 Å². The highest BCUT2D eigenvalue weighted by Gasteiger charge is 2.25. The molecule has 1 rings (SSSR count). The number of aromatic nitrogens is 1. The minimum atomic E-state index is -0.684. The molecule has 1 amide bonds. The molecule has 1 heterocycles. The monoisotopic (exact) mass is 211 g/mol. The van der Waals surface area contributed by atoms with Gasteiger partial charge < -0.3 is 10.6 Å². The fraction of sp³-hybridized carbons (Fsp3) is 0.400. The van der Waals surface area contributed by atoms with Crippen molar-refractivity contribution in [2.75, 3.05) is 12.4 Å². The highest BCUT2D eigenvalue weighted by Crippen LogP contribution is 2.08. The summed E-state index contributed by atoms with van der Waals surface area (Å²) in [6.45, 7) is 3.48. The Labute approximate surface area is 87.9 Å². The van der Waals surface area contributed by atoms with Crippen LogP contribution in [0.25, 0.3) is 0 Å². The molecule has 5 heteroatoms. The number of hydrogen-bond acceptors (Lipinski definition) is 3. The Morgan fingerprint density at radius 3 is 2.60 bits per heavy atom. The lowest BCUT2D eigenvalue weighted by molar-refractivity contribution is -0.121. The molecule has 0 unspecified atom stereocenters. The molecule has 0 bridgehead atoms. The lowest BCUT2D eigenvalue weighted by Crippen LogP contribution is -2.48. The molecule has 15 heavy (non-hydrogen) atoms. The van der Waals surface area contributed by atoms with E-state index in [1.807, 2.05) is 0 Å². The van der Waals surface area contributed by atoms with Gasteiger partial charge in [-0.05, 0) is 33.0 Å². The lowest BCUT2D eigenvalue weighted by atomic mass is 10.1. The molecule has 0 saturated carbocycles. The number of nitrogens with one attached hydrogen (secondary N) is 2. The van der Waals surface area contributed by atoms with Gasteiger partial charge in [0.15, 0.2) is 0 Å². The van der Waals surface area contributed by atoms with Gasteiger partial charge in [-0.15, -0.1) is 0 Å². The van der Waals surface area contributed by atoms with Crippen LogP contribution in [-0.4, -0.2) is 23.5 Å². The molecule has 0 aliphatic heterocycles. The van der Waals surface area contributed by atoms with Crippen LogP contribution in [0.4, 0.5) is 10.2 Å². The van der Waals surface area contributed by atoms with Crippen LogP contribution in [0.1, 0.15) is 13.8 Å². The third kappa shape index (κ3) is 2.99. The summed E-state index contributed by atoms with van der Waals surface area (Å²) >= 11 is 0. The summed E-state index contributed by atoms with van der Waals surface area (Å²) < 4.78 is 12.5. The zero-order valence-electron chi connectivity index (χ0n) is 8.97. The van der Waals surface area contributed by atoms with Gasteiger partial charge in [0, 0.05) is 0 Å². The van der Waals surface area contributed by atoms with Crippen molar-refractivity contribution in [3.8, 4) is 0 Å². The Kier molecular flexibility index (Phi) is 3.36. The average Bonchev–Trinajstić information content (AvgIpc) is 2.21. The standard InChI is InChI=1S/C10H14FN3O/c1-10(2,12-3)9(15)14-8-5-4-7(11)6-13-8/h4-6,12H,1-3H3,(H,13,14,15). The molecule has 0 aliphatic rings. The molecule has 0 saturated heterocycles. The SMILES string of the molecule is CNC(C)(C)C(=O)Nc1ccc(F)cn1. The lowest BCUT2D eigenvalue weighted by Gasteiger charge is -2.22. The second-order valence-corrected chi connectivity index (χ2v) is 3.69. The Hall–Kier alpha value is -1.49. The molecular formula is C10H14FN3O. The van der Waals surface area contributed by atoms with Crippen molar-refractivity contribution in [3.63, 3.8) is 0 Å². The van der Waals surface area contributed by atoms with Gasteiger partial charge in [-0.1, -0.05) is 0 Å². The van der Waals surface area contributed by atoms with Gasteiger partial charge in [0.2, 0.25) is 5.91 Å². The fourth-order valence-electron chi connectivity index (χ4n) is 0.836. The van der Waals surface area contributed by atoms with Crippen molar-refractivity contribution in [1.82, 2.24) is 10.3 Å². The Morgan fingerprint density at radius 1 is 1.47 bits per heavy atom. The molecule has 0 spiro atoms. The summed E-state index contributed by atoms with van der Waals surface area (Å²) in [5.41, 5.74) is -0.684. The van der Waals surface area contributed by atoms with Crippen LogP contribution in [0.2, 0.25) is 0 Å². The van der Waals surface area contributed by atoms with Crippen LogP contribution in [0.3, 0.4) is 0 Å². The van der Waals surface area contributed by atoms with Crippen LogP contribution >= 0.6 is 0 Å². The van der Waals surface area contributed by atoms with Gasteiger partial charge in [0.05, 0.1) is 11.7 Å². The highest BCUT2D eigenvalue weighted by molar-refractivity contribution is 5.96. The number of pyridine rings is 1. The largest absolute Gasteiger partial charge is 0.309 e. The van der Waals surface area contributed by atoms with Crippen molar-refractivity contribution >= 4 is 11.7 Å². The van der Waals surface area contributed by atoms with E-state index >= 15 is 0 Å². The number of amides is 1. The van der Waals surface area contributed by atoms with E-state index in [2.05, 4.69) is 15.6 Å². The molecule has 0 aliphatic carbocycles. The predicted molar refractivity (Wildman–Crippen MR) is 56.0 cm³/mol. The van der Waals surface area contributed by atoms with Crippen molar-refractivity contribution in [3.05, 3.63) is 24.1 Å². The second kappa shape index (κ2) is 4.35. The van der Waals surface area contributed by atoms with Gasteiger partial charge in [0.1, 0.15) is 11.6 Å². The average molecular weight is 211 g/mol. The smallest absolute Gasteiger partial charge is 0.245 e. The minimum absolute atomic E-state index is 0.218. The van der Waals surface area contributed by atoms with E-state index < -0.39 is 11.4 Å². The van der Waals surface area contributed by atoms with E-state index in [0.717, 1.165) is 6.20 Å².